The number of carbonyl (C=O) groups is 1. The lowest BCUT2D eigenvalue weighted by molar-refractivity contribution is -0.140. The zero-order chi connectivity index (χ0) is 21.6. The van der Waals surface area contributed by atoms with Gasteiger partial charge >= 0.3 is 5.97 Å². The Morgan fingerprint density at radius 1 is 0.903 bits per heavy atom. The summed E-state index contributed by atoms with van der Waals surface area (Å²) < 4.78 is 5.54. The van der Waals surface area contributed by atoms with Crippen LogP contribution < -0.4 is 4.74 Å². The van der Waals surface area contributed by atoms with Crippen LogP contribution in [0.25, 0.3) is 0 Å². The first-order valence-corrected chi connectivity index (χ1v) is 11.6. The minimum atomic E-state index is -0.119. The van der Waals surface area contributed by atoms with Crippen LogP contribution in [0.3, 0.4) is 0 Å². The number of esters is 1. The second-order valence-electron chi connectivity index (χ2n) is 8.68. The number of hydrogen-bond acceptors (Lipinski definition) is 2. The van der Waals surface area contributed by atoms with Gasteiger partial charge in [0.15, 0.2) is 0 Å². The molecule has 0 N–H and O–H groups in total. The predicted octanol–water partition coefficient (Wildman–Crippen LogP) is 7.57. The lowest BCUT2D eigenvalue weighted by Crippen LogP contribution is -2.25. The fourth-order valence-electron chi connectivity index (χ4n) is 4.54. The molecule has 0 amide bonds. The Morgan fingerprint density at radius 3 is 2.19 bits per heavy atom. The van der Waals surface area contributed by atoms with Crippen LogP contribution in [0.5, 0.6) is 5.75 Å². The van der Waals surface area contributed by atoms with Gasteiger partial charge in [0.25, 0.3) is 0 Å². The predicted molar refractivity (Wildman–Crippen MR) is 127 cm³/mol. The third-order valence-corrected chi connectivity index (χ3v) is 6.71. The Bertz CT molecular complexity index is 972. The lowest BCUT2D eigenvalue weighted by Gasteiger charge is -2.27. The van der Waals surface area contributed by atoms with Gasteiger partial charge in [0.1, 0.15) is 5.75 Å². The van der Waals surface area contributed by atoms with Crippen LogP contribution in [0.2, 0.25) is 5.02 Å². The molecule has 160 valence electrons. The van der Waals surface area contributed by atoms with Crippen molar-refractivity contribution in [3.63, 3.8) is 0 Å². The van der Waals surface area contributed by atoms with Crippen LogP contribution in [-0.4, -0.2) is 5.97 Å². The zero-order valence-electron chi connectivity index (χ0n) is 18.0. The van der Waals surface area contributed by atoms with Crippen molar-refractivity contribution in [1.82, 2.24) is 0 Å². The first-order chi connectivity index (χ1) is 15.1. The Kier molecular flexibility index (Phi) is 7.09. The van der Waals surface area contributed by atoms with Gasteiger partial charge in [-0.1, -0.05) is 73.1 Å². The van der Waals surface area contributed by atoms with E-state index in [9.17, 15) is 4.79 Å². The highest BCUT2D eigenvalue weighted by molar-refractivity contribution is 6.30. The summed E-state index contributed by atoms with van der Waals surface area (Å²) in [4.78, 5) is 12.5. The van der Waals surface area contributed by atoms with Crippen molar-refractivity contribution in [3.8, 4) is 5.75 Å². The average molecular weight is 433 g/mol. The van der Waals surface area contributed by atoms with Crippen molar-refractivity contribution < 1.29 is 9.53 Å². The monoisotopic (exact) mass is 432 g/mol. The molecule has 0 heterocycles. The molecule has 2 nitrogen and oxygen atoms in total. The zero-order valence-corrected chi connectivity index (χ0v) is 18.7. The molecule has 0 unspecified atom stereocenters. The van der Waals surface area contributed by atoms with E-state index >= 15 is 0 Å². The number of carbonyl (C=O) groups excluding carboxylic acids is 1. The van der Waals surface area contributed by atoms with Crippen molar-refractivity contribution in [2.45, 2.75) is 50.9 Å². The van der Waals surface area contributed by atoms with Crippen LogP contribution >= 0.6 is 11.6 Å². The van der Waals surface area contributed by atoms with E-state index in [-0.39, 0.29) is 11.9 Å². The van der Waals surface area contributed by atoms with E-state index in [2.05, 4.69) is 61.5 Å². The van der Waals surface area contributed by atoms with E-state index in [0.717, 1.165) is 32.1 Å². The summed E-state index contributed by atoms with van der Waals surface area (Å²) >= 11 is 5.89. The maximum Gasteiger partial charge on any atom is 0.314 e. The van der Waals surface area contributed by atoms with Crippen molar-refractivity contribution in [2.75, 3.05) is 0 Å². The maximum atomic E-state index is 12.5. The molecule has 31 heavy (non-hydrogen) atoms. The van der Waals surface area contributed by atoms with Gasteiger partial charge in [-0.05, 0) is 84.9 Å². The SMILES string of the molecule is C[C@H](Cc1ccc(C2CCC(C(=O)Oc3ccc(Cl)cc3)CC2)cc1)c1ccccc1. The molecule has 1 aliphatic rings. The van der Waals surface area contributed by atoms with E-state index in [1.54, 1.807) is 24.3 Å². The van der Waals surface area contributed by atoms with Gasteiger partial charge in [0, 0.05) is 5.02 Å². The molecule has 0 saturated heterocycles. The Morgan fingerprint density at radius 2 is 1.55 bits per heavy atom. The number of halogens is 1. The summed E-state index contributed by atoms with van der Waals surface area (Å²) in [7, 11) is 0. The fraction of sp³-hybridized carbons (Fsp3) is 0.321. The lowest BCUT2D eigenvalue weighted by atomic mass is 9.78. The molecule has 0 aliphatic heterocycles. The molecule has 3 heteroatoms. The largest absolute Gasteiger partial charge is 0.426 e. The van der Waals surface area contributed by atoms with Gasteiger partial charge < -0.3 is 4.74 Å². The quantitative estimate of drug-likeness (QED) is 0.296. The standard InChI is InChI=1S/C28H29ClO2/c1-20(22-5-3-2-4-6-22)19-21-7-9-23(10-8-21)24-11-13-25(14-12-24)28(30)31-27-17-15-26(29)16-18-27/h2-10,15-18,20,24-25H,11-14,19H2,1H3/t20-,24?,25?/m1/s1. The van der Waals surface area contributed by atoms with Gasteiger partial charge in [-0.2, -0.15) is 0 Å². The molecule has 3 aromatic rings. The molecule has 0 bridgehead atoms. The van der Waals surface area contributed by atoms with Gasteiger partial charge in [0.05, 0.1) is 5.92 Å². The molecule has 1 aliphatic carbocycles. The van der Waals surface area contributed by atoms with Crippen LogP contribution in [0.4, 0.5) is 0 Å². The van der Waals surface area contributed by atoms with E-state index in [4.69, 9.17) is 16.3 Å². The topological polar surface area (TPSA) is 26.3 Å². The number of ether oxygens (including phenoxy) is 1. The number of hydrogen-bond donors (Lipinski definition) is 0. The summed E-state index contributed by atoms with van der Waals surface area (Å²) in [5, 5.41) is 0.640. The van der Waals surface area contributed by atoms with Crippen molar-refractivity contribution in [3.05, 3.63) is 101 Å². The van der Waals surface area contributed by atoms with Gasteiger partial charge in [0.2, 0.25) is 0 Å². The normalized spacial score (nSPS) is 19.5. The third-order valence-electron chi connectivity index (χ3n) is 6.45. The summed E-state index contributed by atoms with van der Waals surface area (Å²) in [6, 6.07) is 26.8. The van der Waals surface area contributed by atoms with Crippen molar-refractivity contribution in [2.24, 2.45) is 5.92 Å². The van der Waals surface area contributed by atoms with Gasteiger partial charge in [-0.15, -0.1) is 0 Å². The maximum absolute atomic E-state index is 12.5. The smallest absolute Gasteiger partial charge is 0.314 e. The van der Waals surface area contributed by atoms with Gasteiger partial charge in [-0.25, -0.2) is 0 Å². The van der Waals surface area contributed by atoms with E-state index in [1.165, 1.54) is 16.7 Å². The average Bonchev–Trinajstić information content (AvgIpc) is 2.82. The minimum absolute atomic E-state index is 0.0158. The highest BCUT2D eigenvalue weighted by Gasteiger charge is 2.28. The summed E-state index contributed by atoms with van der Waals surface area (Å²) in [6.45, 7) is 2.29. The second-order valence-corrected chi connectivity index (χ2v) is 9.12. The number of benzene rings is 3. The van der Waals surface area contributed by atoms with E-state index in [0.29, 0.717) is 22.6 Å². The summed E-state index contributed by atoms with van der Waals surface area (Å²) in [5.74, 6) is 1.47. The van der Waals surface area contributed by atoms with Crippen LogP contribution in [-0.2, 0) is 11.2 Å². The number of rotatable bonds is 6. The van der Waals surface area contributed by atoms with Crippen LogP contribution in [0, 0.1) is 5.92 Å². The molecule has 1 atom stereocenters. The van der Waals surface area contributed by atoms with E-state index in [1.807, 2.05) is 0 Å². The molecular weight excluding hydrogens is 404 g/mol. The molecule has 4 rings (SSSR count). The Balaban J connectivity index is 1.28. The minimum Gasteiger partial charge on any atom is -0.426 e. The third kappa shape index (κ3) is 5.77. The highest BCUT2D eigenvalue weighted by atomic mass is 35.5. The second kappa shape index (κ2) is 10.2. The summed E-state index contributed by atoms with van der Waals surface area (Å²) in [5.41, 5.74) is 4.15. The van der Waals surface area contributed by atoms with Crippen molar-refractivity contribution in [1.29, 1.82) is 0 Å². The molecule has 1 fully saturated rings. The molecule has 0 radical (unpaired) electrons. The molecule has 1 saturated carbocycles. The molecule has 3 aromatic carbocycles. The molecule has 0 spiro atoms. The van der Waals surface area contributed by atoms with E-state index < -0.39 is 0 Å². The Labute approximate surface area is 190 Å². The highest BCUT2D eigenvalue weighted by Crippen LogP contribution is 2.36. The van der Waals surface area contributed by atoms with Crippen LogP contribution in [0.15, 0.2) is 78.9 Å². The fourth-order valence-corrected chi connectivity index (χ4v) is 4.67. The van der Waals surface area contributed by atoms with Gasteiger partial charge in [-0.3, -0.25) is 4.79 Å². The van der Waals surface area contributed by atoms with Crippen molar-refractivity contribution >= 4 is 17.6 Å². The Hall–Kier alpha value is -2.58. The van der Waals surface area contributed by atoms with Crippen LogP contribution in [0.1, 0.15) is 61.1 Å². The first kappa shape index (κ1) is 21.6. The summed E-state index contributed by atoms with van der Waals surface area (Å²) in [6.07, 6.45) is 4.86. The first-order valence-electron chi connectivity index (χ1n) is 11.2. The molecular formula is C28H29ClO2. The molecule has 0 aromatic heterocycles.